The highest BCUT2D eigenvalue weighted by atomic mass is 32.2. The molecule has 0 amide bonds. The van der Waals surface area contributed by atoms with Crippen molar-refractivity contribution in [1.82, 2.24) is 0 Å². The van der Waals surface area contributed by atoms with Crippen molar-refractivity contribution in [3.05, 3.63) is 65.3 Å². The molecular formula is C23H32O2S. The van der Waals surface area contributed by atoms with Crippen LogP contribution in [0.3, 0.4) is 0 Å². The number of hydrogen-bond acceptors (Lipinski definition) is 2. The van der Waals surface area contributed by atoms with E-state index in [1.165, 1.54) is 5.57 Å². The van der Waals surface area contributed by atoms with E-state index in [-0.39, 0.29) is 17.1 Å². The third-order valence-corrected chi connectivity index (χ3v) is 6.71. The first kappa shape index (κ1) is 20.7. The Labute approximate surface area is 159 Å². The van der Waals surface area contributed by atoms with Gasteiger partial charge in [-0.05, 0) is 57.6 Å². The molecule has 1 aromatic carbocycles. The summed E-state index contributed by atoms with van der Waals surface area (Å²) in [5.41, 5.74) is 4.55. The number of rotatable bonds is 7. The Kier molecular flexibility index (Phi) is 6.33. The summed E-state index contributed by atoms with van der Waals surface area (Å²) in [6, 6.07) is 7.14. The van der Waals surface area contributed by atoms with Gasteiger partial charge < -0.3 is 0 Å². The molecule has 0 aromatic heterocycles. The summed E-state index contributed by atoms with van der Waals surface area (Å²) in [4.78, 5) is 0.405. The average molecular weight is 373 g/mol. The molecule has 0 saturated heterocycles. The molecule has 0 radical (unpaired) electrons. The molecule has 1 atom stereocenters. The van der Waals surface area contributed by atoms with Crippen LogP contribution in [0.4, 0.5) is 0 Å². The molecule has 1 aliphatic carbocycles. The van der Waals surface area contributed by atoms with E-state index in [9.17, 15) is 8.42 Å². The van der Waals surface area contributed by atoms with E-state index in [0.717, 1.165) is 36.0 Å². The first-order valence-corrected chi connectivity index (χ1v) is 11.0. The van der Waals surface area contributed by atoms with Crippen LogP contribution >= 0.6 is 0 Å². The summed E-state index contributed by atoms with van der Waals surface area (Å²) in [5.74, 6) is 0.252. The lowest BCUT2D eigenvalue weighted by molar-refractivity contribution is 0.425. The quantitative estimate of drug-likeness (QED) is 0.546. The van der Waals surface area contributed by atoms with E-state index < -0.39 is 9.84 Å². The van der Waals surface area contributed by atoms with Crippen molar-refractivity contribution >= 4 is 9.84 Å². The number of allylic oxidation sites excluding steroid dienone is 4. The molecule has 0 aliphatic heterocycles. The van der Waals surface area contributed by atoms with E-state index in [1.54, 1.807) is 12.1 Å². The summed E-state index contributed by atoms with van der Waals surface area (Å²) < 4.78 is 25.8. The topological polar surface area (TPSA) is 34.1 Å². The molecule has 1 aliphatic rings. The van der Waals surface area contributed by atoms with E-state index in [0.29, 0.717) is 4.90 Å². The van der Waals surface area contributed by atoms with Crippen LogP contribution in [-0.4, -0.2) is 14.2 Å². The summed E-state index contributed by atoms with van der Waals surface area (Å²) in [5, 5.41) is 0. The Balaban J connectivity index is 2.20. The smallest absolute Gasteiger partial charge is 0.182 e. The van der Waals surface area contributed by atoms with Gasteiger partial charge in [-0.2, -0.15) is 0 Å². The number of sulfone groups is 1. The highest BCUT2D eigenvalue weighted by molar-refractivity contribution is 7.91. The van der Waals surface area contributed by atoms with E-state index in [2.05, 4.69) is 46.4 Å². The Morgan fingerprint density at radius 2 is 1.85 bits per heavy atom. The summed E-state index contributed by atoms with van der Waals surface area (Å²) in [7, 11) is -3.33. The van der Waals surface area contributed by atoms with Crippen molar-refractivity contribution in [2.45, 2.75) is 58.8 Å². The van der Waals surface area contributed by atoms with Gasteiger partial charge in [-0.15, -0.1) is 0 Å². The largest absolute Gasteiger partial charge is 0.223 e. The summed E-state index contributed by atoms with van der Waals surface area (Å²) in [6.45, 7) is 14.8. The van der Waals surface area contributed by atoms with Crippen LogP contribution in [0, 0.1) is 18.3 Å². The van der Waals surface area contributed by atoms with Crippen LogP contribution < -0.4 is 0 Å². The lowest BCUT2D eigenvalue weighted by atomic mass is 9.85. The van der Waals surface area contributed by atoms with Crippen molar-refractivity contribution in [3.63, 3.8) is 0 Å². The summed E-state index contributed by atoms with van der Waals surface area (Å²) in [6.07, 6.45) is 7.20. The highest BCUT2D eigenvalue weighted by Gasteiger charge is 2.35. The van der Waals surface area contributed by atoms with E-state index in [4.69, 9.17) is 0 Å². The fourth-order valence-corrected chi connectivity index (χ4v) is 5.08. The molecule has 0 spiro atoms. The van der Waals surface area contributed by atoms with Crippen molar-refractivity contribution in [2.75, 3.05) is 5.75 Å². The zero-order chi connectivity index (χ0) is 19.5. The molecule has 26 heavy (non-hydrogen) atoms. The van der Waals surface area contributed by atoms with Gasteiger partial charge in [-0.3, -0.25) is 0 Å². The van der Waals surface area contributed by atoms with Crippen LogP contribution in [-0.2, 0) is 9.84 Å². The van der Waals surface area contributed by atoms with Gasteiger partial charge in [0.2, 0.25) is 0 Å². The Hall–Kier alpha value is -1.61. The summed E-state index contributed by atoms with van der Waals surface area (Å²) >= 11 is 0. The zero-order valence-corrected chi connectivity index (χ0v) is 17.6. The molecule has 1 aromatic rings. The van der Waals surface area contributed by atoms with Gasteiger partial charge in [-0.25, -0.2) is 8.42 Å². The molecule has 3 heteroatoms. The van der Waals surface area contributed by atoms with Gasteiger partial charge in [0.25, 0.3) is 0 Å². The van der Waals surface area contributed by atoms with E-state index in [1.807, 2.05) is 19.1 Å². The second-order valence-electron chi connectivity index (χ2n) is 8.52. The van der Waals surface area contributed by atoms with Crippen molar-refractivity contribution in [2.24, 2.45) is 11.3 Å². The highest BCUT2D eigenvalue weighted by Crippen LogP contribution is 2.44. The standard InChI is InChI=1S/C23H32O2S/c1-17(2)8-7-9-19(4)22-15-23(5,6)14-20(22)16-26(24,25)21-12-10-18(3)11-13-21/h8,10-14,22H,4,7,9,15-16H2,1-3,5-6H3. The molecule has 0 saturated carbocycles. The van der Waals surface area contributed by atoms with Gasteiger partial charge in [0, 0.05) is 5.92 Å². The second kappa shape index (κ2) is 7.96. The lowest BCUT2D eigenvalue weighted by Gasteiger charge is -2.21. The number of hydrogen-bond donors (Lipinski definition) is 0. The Morgan fingerprint density at radius 1 is 1.23 bits per heavy atom. The van der Waals surface area contributed by atoms with Crippen LogP contribution in [0.25, 0.3) is 0 Å². The molecule has 0 N–H and O–H groups in total. The molecule has 2 rings (SSSR count). The van der Waals surface area contributed by atoms with Gasteiger partial charge in [-0.1, -0.05) is 67.0 Å². The van der Waals surface area contributed by atoms with Crippen LogP contribution in [0.2, 0.25) is 0 Å². The van der Waals surface area contributed by atoms with Crippen LogP contribution in [0.15, 0.2) is 64.6 Å². The lowest BCUT2D eigenvalue weighted by Crippen LogP contribution is -2.15. The molecule has 142 valence electrons. The second-order valence-corrected chi connectivity index (χ2v) is 10.5. The van der Waals surface area contributed by atoms with E-state index >= 15 is 0 Å². The SMILES string of the molecule is C=C(CCC=C(C)C)C1CC(C)(C)C=C1CS(=O)(=O)c1ccc(C)cc1. The minimum absolute atomic E-state index is 0.0161. The first-order valence-electron chi connectivity index (χ1n) is 9.32. The molecule has 1 unspecified atom stereocenters. The van der Waals surface area contributed by atoms with Gasteiger partial charge in [0.1, 0.15) is 0 Å². The number of benzene rings is 1. The average Bonchev–Trinajstić information content (AvgIpc) is 2.81. The minimum atomic E-state index is -3.33. The maximum absolute atomic E-state index is 12.9. The molecule has 2 nitrogen and oxygen atoms in total. The Bertz CT molecular complexity index is 817. The minimum Gasteiger partial charge on any atom is -0.223 e. The maximum atomic E-state index is 12.9. The molecule has 0 bridgehead atoms. The fraction of sp³-hybridized carbons (Fsp3) is 0.478. The third kappa shape index (κ3) is 5.44. The third-order valence-electron chi connectivity index (χ3n) is 5.00. The molecule has 0 heterocycles. The van der Waals surface area contributed by atoms with Gasteiger partial charge >= 0.3 is 0 Å². The van der Waals surface area contributed by atoms with Crippen LogP contribution in [0.1, 0.15) is 52.5 Å². The maximum Gasteiger partial charge on any atom is 0.182 e. The molecular weight excluding hydrogens is 340 g/mol. The predicted molar refractivity (Wildman–Crippen MR) is 111 cm³/mol. The van der Waals surface area contributed by atoms with Crippen LogP contribution in [0.5, 0.6) is 0 Å². The molecule has 0 fully saturated rings. The van der Waals surface area contributed by atoms with Gasteiger partial charge in [0.05, 0.1) is 10.6 Å². The van der Waals surface area contributed by atoms with Gasteiger partial charge in [0.15, 0.2) is 9.84 Å². The Morgan fingerprint density at radius 3 is 2.42 bits per heavy atom. The van der Waals surface area contributed by atoms with Crippen molar-refractivity contribution < 1.29 is 8.42 Å². The zero-order valence-electron chi connectivity index (χ0n) is 16.8. The first-order chi connectivity index (χ1) is 12.0. The van der Waals surface area contributed by atoms with Crippen molar-refractivity contribution in [3.8, 4) is 0 Å². The monoisotopic (exact) mass is 372 g/mol. The normalized spacial score (nSPS) is 19.1. The fourth-order valence-electron chi connectivity index (χ4n) is 3.64. The predicted octanol–water partition coefficient (Wildman–Crippen LogP) is 6.04. The van der Waals surface area contributed by atoms with Crippen molar-refractivity contribution in [1.29, 1.82) is 0 Å². The number of aryl methyl sites for hydroxylation is 1.